The molecule has 1 heterocycles. The fourth-order valence-electron chi connectivity index (χ4n) is 2.07. The van der Waals surface area contributed by atoms with Gasteiger partial charge in [0.25, 0.3) is 10.2 Å². The zero-order valence-electron chi connectivity index (χ0n) is 9.26. The number of rotatable bonds is 2. The van der Waals surface area contributed by atoms with Crippen LogP contribution in [0.3, 0.4) is 0 Å². The maximum absolute atomic E-state index is 11.2. The molecule has 0 spiro atoms. The van der Waals surface area contributed by atoms with Crippen molar-refractivity contribution >= 4 is 10.2 Å². The van der Waals surface area contributed by atoms with Gasteiger partial charge >= 0.3 is 0 Å². The van der Waals surface area contributed by atoms with Gasteiger partial charge in [-0.2, -0.15) is 12.7 Å². The van der Waals surface area contributed by atoms with Gasteiger partial charge < -0.3 is 0 Å². The van der Waals surface area contributed by atoms with Crippen molar-refractivity contribution < 1.29 is 8.42 Å². The molecule has 1 fully saturated rings. The summed E-state index contributed by atoms with van der Waals surface area (Å²) in [5.74, 6) is 0.277. The molecule has 88 valence electrons. The van der Waals surface area contributed by atoms with Gasteiger partial charge in [0.15, 0.2) is 0 Å². The number of nitrogens with zero attached hydrogens (tertiary/aromatic N) is 1. The van der Waals surface area contributed by atoms with Gasteiger partial charge in [-0.15, -0.1) is 0 Å². The Bertz CT molecular complexity index is 467. The Labute approximate surface area is 96.2 Å². The minimum atomic E-state index is -3.52. The molecule has 1 aliphatic heterocycles. The Balaban J connectivity index is 2.12. The lowest BCUT2D eigenvalue weighted by Gasteiger charge is -2.13. The summed E-state index contributed by atoms with van der Waals surface area (Å²) in [6.07, 6.45) is 0.847. The van der Waals surface area contributed by atoms with Crippen molar-refractivity contribution in [1.82, 2.24) is 4.31 Å². The van der Waals surface area contributed by atoms with Crippen LogP contribution in [0.4, 0.5) is 0 Å². The number of benzene rings is 1. The first kappa shape index (κ1) is 11.6. The minimum Gasteiger partial charge on any atom is -0.216 e. The monoisotopic (exact) mass is 240 g/mol. The molecule has 2 rings (SSSR count). The van der Waals surface area contributed by atoms with Crippen LogP contribution in [0.5, 0.6) is 0 Å². The summed E-state index contributed by atoms with van der Waals surface area (Å²) in [6, 6.07) is 8.23. The van der Waals surface area contributed by atoms with E-state index in [-0.39, 0.29) is 5.92 Å². The van der Waals surface area contributed by atoms with Crippen LogP contribution in [0.2, 0.25) is 0 Å². The van der Waals surface area contributed by atoms with Gasteiger partial charge in [0.05, 0.1) is 0 Å². The van der Waals surface area contributed by atoms with E-state index in [2.05, 4.69) is 24.3 Å². The van der Waals surface area contributed by atoms with Gasteiger partial charge in [0.1, 0.15) is 0 Å². The summed E-state index contributed by atoms with van der Waals surface area (Å²) < 4.78 is 23.7. The lowest BCUT2D eigenvalue weighted by atomic mass is 9.98. The molecule has 2 N–H and O–H groups in total. The van der Waals surface area contributed by atoms with E-state index >= 15 is 0 Å². The summed E-state index contributed by atoms with van der Waals surface area (Å²) in [5, 5.41) is 5.10. The first-order valence-electron chi connectivity index (χ1n) is 5.31. The standard InChI is InChI=1S/C11H16N2O2S/c1-9-2-4-10(5-3-9)11-6-7-13(8-11)16(12,14)15/h2-5,11H,6-8H2,1H3,(H2,12,14,15)/t11-/m1/s1. The lowest BCUT2D eigenvalue weighted by Crippen LogP contribution is -2.34. The Hall–Kier alpha value is -0.910. The maximum Gasteiger partial charge on any atom is 0.276 e. The number of aryl methyl sites for hydroxylation is 1. The van der Waals surface area contributed by atoms with Crippen LogP contribution < -0.4 is 5.14 Å². The second kappa shape index (κ2) is 4.16. The van der Waals surface area contributed by atoms with Crippen molar-refractivity contribution in [3.05, 3.63) is 35.4 Å². The zero-order chi connectivity index (χ0) is 11.8. The van der Waals surface area contributed by atoms with E-state index in [4.69, 9.17) is 5.14 Å². The van der Waals surface area contributed by atoms with E-state index in [0.717, 1.165) is 6.42 Å². The van der Waals surface area contributed by atoms with Gasteiger partial charge in [0, 0.05) is 13.1 Å². The number of hydrogen-bond donors (Lipinski definition) is 1. The first-order valence-corrected chi connectivity index (χ1v) is 6.81. The quantitative estimate of drug-likeness (QED) is 0.837. The van der Waals surface area contributed by atoms with E-state index in [1.807, 2.05) is 6.92 Å². The predicted molar refractivity (Wildman–Crippen MR) is 63.2 cm³/mol. The van der Waals surface area contributed by atoms with Crippen molar-refractivity contribution in [2.75, 3.05) is 13.1 Å². The highest BCUT2D eigenvalue weighted by Gasteiger charge is 2.29. The smallest absolute Gasteiger partial charge is 0.216 e. The molecule has 0 aliphatic carbocycles. The molecule has 1 atom stereocenters. The normalized spacial score (nSPS) is 22.5. The lowest BCUT2D eigenvalue weighted by molar-refractivity contribution is 0.474. The van der Waals surface area contributed by atoms with E-state index < -0.39 is 10.2 Å². The molecule has 0 aromatic heterocycles. The van der Waals surface area contributed by atoms with Crippen LogP contribution in [-0.2, 0) is 10.2 Å². The van der Waals surface area contributed by atoms with E-state index in [1.165, 1.54) is 15.4 Å². The van der Waals surface area contributed by atoms with Gasteiger partial charge in [-0.1, -0.05) is 29.8 Å². The van der Waals surface area contributed by atoms with Crippen LogP contribution in [0.1, 0.15) is 23.5 Å². The van der Waals surface area contributed by atoms with Crippen molar-refractivity contribution in [2.24, 2.45) is 5.14 Å². The van der Waals surface area contributed by atoms with Crippen LogP contribution in [0, 0.1) is 6.92 Å². The average Bonchev–Trinajstić information content (AvgIpc) is 2.67. The van der Waals surface area contributed by atoms with Crippen LogP contribution in [0.25, 0.3) is 0 Å². The molecule has 0 unspecified atom stereocenters. The third-order valence-electron chi connectivity index (χ3n) is 3.06. The zero-order valence-corrected chi connectivity index (χ0v) is 10.1. The second-order valence-electron chi connectivity index (χ2n) is 4.30. The third-order valence-corrected chi connectivity index (χ3v) is 4.11. The molecule has 5 heteroatoms. The molecule has 1 saturated heterocycles. The third kappa shape index (κ3) is 2.42. The molecule has 0 saturated carbocycles. The Morgan fingerprint density at radius 3 is 2.44 bits per heavy atom. The van der Waals surface area contributed by atoms with E-state index in [0.29, 0.717) is 13.1 Å². The fourth-order valence-corrected chi connectivity index (χ4v) is 2.82. The Kier molecular flexibility index (Phi) is 3.01. The topological polar surface area (TPSA) is 63.4 Å². The molecular weight excluding hydrogens is 224 g/mol. The summed E-state index contributed by atoms with van der Waals surface area (Å²) in [7, 11) is -3.52. The Morgan fingerprint density at radius 2 is 1.94 bits per heavy atom. The number of hydrogen-bond acceptors (Lipinski definition) is 2. The summed E-state index contributed by atoms with van der Waals surface area (Å²) >= 11 is 0. The maximum atomic E-state index is 11.2. The Morgan fingerprint density at radius 1 is 1.31 bits per heavy atom. The van der Waals surface area contributed by atoms with Crippen LogP contribution in [-0.4, -0.2) is 25.8 Å². The first-order chi connectivity index (χ1) is 7.47. The highest BCUT2D eigenvalue weighted by molar-refractivity contribution is 7.86. The summed E-state index contributed by atoms with van der Waals surface area (Å²) in [5.41, 5.74) is 2.40. The molecular formula is C11H16N2O2S. The minimum absolute atomic E-state index is 0.277. The molecule has 0 bridgehead atoms. The van der Waals surface area contributed by atoms with Gasteiger partial charge in [-0.25, -0.2) is 5.14 Å². The van der Waals surface area contributed by atoms with Crippen molar-refractivity contribution in [2.45, 2.75) is 19.3 Å². The van der Waals surface area contributed by atoms with E-state index in [1.54, 1.807) is 0 Å². The highest BCUT2D eigenvalue weighted by Crippen LogP contribution is 2.28. The van der Waals surface area contributed by atoms with Crippen LogP contribution in [0.15, 0.2) is 24.3 Å². The highest BCUT2D eigenvalue weighted by atomic mass is 32.2. The summed E-state index contributed by atoms with van der Waals surface area (Å²) in [6.45, 7) is 3.06. The molecule has 0 radical (unpaired) electrons. The second-order valence-corrected chi connectivity index (χ2v) is 5.85. The van der Waals surface area contributed by atoms with Gasteiger partial charge in [-0.3, -0.25) is 0 Å². The fraction of sp³-hybridized carbons (Fsp3) is 0.455. The van der Waals surface area contributed by atoms with E-state index in [9.17, 15) is 8.42 Å². The SMILES string of the molecule is Cc1ccc([C@@H]2CCN(S(N)(=O)=O)C2)cc1. The summed E-state index contributed by atoms with van der Waals surface area (Å²) in [4.78, 5) is 0. The van der Waals surface area contributed by atoms with Crippen molar-refractivity contribution in [3.8, 4) is 0 Å². The molecule has 4 nitrogen and oxygen atoms in total. The molecule has 0 amide bonds. The van der Waals surface area contributed by atoms with Crippen molar-refractivity contribution in [1.29, 1.82) is 0 Å². The predicted octanol–water partition coefficient (Wildman–Crippen LogP) is 0.988. The molecule has 16 heavy (non-hydrogen) atoms. The largest absolute Gasteiger partial charge is 0.276 e. The van der Waals surface area contributed by atoms with Crippen molar-refractivity contribution in [3.63, 3.8) is 0 Å². The number of nitrogens with two attached hydrogens (primary N) is 1. The molecule has 1 aromatic carbocycles. The van der Waals surface area contributed by atoms with Crippen LogP contribution >= 0.6 is 0 Å². The molecule has 1 aromatic rings. The average molecular weight is 240 g/mol. The van der Waals surface area contributed by atoms with Gasteiger partial charge in [0.2, 0.25) is 0 Å². The van der Waals surface area contributed by atoms with Gasteiger partial charge in [-0.05, 0) is 24.8 Å². The molecule has 1 aliphatic rings.